The van der Waals surface area contributed by atoms with Gasteiger partial charge in [-0.05, 0) is 41.7 Å². The van der Waals surface area contributed by atoms with Crippen LogP contribution >= 0.6 is 23.1 Å². The molecule has 0 aromatic carbocycles. The first-order valence-corrected chi connectivity index (χ1v) is 7.88. The zero-order chi connectivity index (χ0) is 13.0. The van der Waals surface area contributed by atoms with Crippen molar-refractivity contribution in [1.29, 1.82) is 0 Å². The number of carboxylic acid groups (broad SMARTS) is 1. The molecular weight excluding hydrogens is 270 g/mol. The molecule has 1 aromatic rings. The summed E-state index contributed by atoms with van der Waals surface area (Å²) in [5, 5.41) is 13.8. The molecule has 0 spiro atoms. The van der Waals surface area contributed by atoms with E-state index in [0.717, 1.165) is 24.3 Å². The predicted octanol–water partition coefficient (Wildman–Crippen LogP) is 2.92. The molecule has 6 heteroatoms. The molecule has 2 rings (SSSR count). The fourth-order valence-electron chi connectivity index (χ4n) is 1.96. The van der Waals surface area contributed by atoms with Crippen LogP contribution < -0.4 is 5.32 Å². The molecule has 0 radical (unpaired) electrons. The van der Waals surface area contributed by atoms with E-state index in [4.69, 9.17) is 5.11 Å². The number of aromatic carboxylic acids is 1. The maximum absolute atomic E-state index is 11.8. The first-order chi connectivity index (χ1) is 8.66. The second-order valence-corrected chi connectivity index (χ2v) is 6.42. The van der Waals surface area contributed by atoms with Gasteiger partial charge in [0.15, 0.2) is 0 Å². The second-order valence-electron chi connectivity index (χ2n) is 4.28. The third-order valence-corrected chi connectivity index (χ3v) is 4.84. The maximum atomic E-state index is 11.8. The van der Waals surface area contributed by atoms with E-state index in [0.29, 0.717) is 17.3 Å². The number of amides is 1. The van der Waals surface area contributed by atoms with Crippen molar-refractivity contribution >= 4 is 40.0 Å². The number of carboxylic acids is 1. The highest BCUT2D eigenvalue weighted by Gasteiger charge is 2.19. The Hall–Kier alpha value is -1.01. The van der Waals surface area contributed by atoms with Crippen LogP contribution in [0.5, 0.6) is 0 Å². The summed E-state index contributed by atoms with van der Waals surface area (Å²) in [6.45, 7) is 0. The van der Waals surface area contributed by atoms with Crippen molar-refractivity contribution in [1.82, 2.24) is 0 Å². The van der Waals surface area contributed by atoms with Crippen LogP contribution in [0.3, 0.4) is 0 Å². The molecule has 1 amide bonds. The van der Waals surface area contributed by atoms with Gasteiger partial charge in [-0.2, -0.15) is 11.8 Å². The Kier molecular flexibility index (Phi) is 4.66. The monoisotopic (exact) mass is 285 g/mol. The predicted molar refractivity (Wildman–Crippen MR) is 74.6 cm³/mol. The zero-order valence-corrected chi connectivity index (χ0v) is 11.5. The topological polar surface area (TPSA) is 66.4 Å². The van der Waals surface area contributed by atoms with Crippen molar-refractivity contribution in [3.63, 3.8) is 0 Å². The van der Waals surface area contributed by atoms with Gasteiger partial charge in [0.1, 0.15) is 5.00 Å². The van der Waals surface area contributed by atoms with Crippen molar-refractivity contribution in [2.24, 2.45) is 5.92 Å². The van der Waals surface area contributed by atoms with E-state index in [1.807, 2.05) is 11.8 Å². The van der Waals surface area contributed by atoms with E-state index in [2.05, 4.69) is 5.32 Å². The number of hydrogen-bond donors (Lipinski definition) is 2. The second kappa shape index (κ2) is 6.24. The van der Waals surface area contributed by atoms with Crippen molar-refractivity contribution < 1.29 is 14.7 Å². The fourth-order valence-corrected chi connectivity index (χ4v) is 3.96. The summed E-state index contributed by atoms with van der Waals surface area (Å²) in [6, 6.07) is 1.51. The van der Waals surface area contributed by atoms with Gasteiger partial charge >= 0.3 is 5.97 Å². The van der Waals surface area contributed by atoms with Crippen LogP contribution in [0, 0.1) is 5.92 Å². The minimum absolute atomic E-state index is 0.0724. The average molecular weight is 285 g/mol. The van der Waals surface area contributed by atoms with E-state index in [-0.39, 0.29) is 11.5 Å². The highest BCUT2D eigenvalue weighted by Crippen LogP contribution is 2.27. The lowest BCUT2D eigenvalue weighted by Crippen LogP contribution is -2.20. The van der Waals surface area contributed by atoms with Crippen LogP contribution in [0.2, 0.25) is 0 Å². The Balaban J connectivity index is 1.90. The molecule has 0 aliphatic carbocycles. The Bertz CT molecular complexity index is 438. The minimum atomic E-state index is -0.999. The number of thioether (sulfide) groups is 1. The Morgan fingerprint density at radius 2 is 2.11 bits per heavy atom. The molecule has 1 aliphatic rings. The summed E-state index contributed by atoms with van der Waals surface area (Å²) < 4.78 is 0. The smallest absolute Gasteiger partial charge is 0.338 e. The normalized spacial score (nSPS) is 16.4. The van der Waals surface area contributed by atoms with Gasteiger partial charge in [-0.25, -0.2) is 4.79 Å². The van der Waals surface area contributed by atoms with E-state index >= 15 is 0 Å². The van der Waals surface area contributed by atoms with E-state index < -0.39 is 5.97 Å². The molecule has 4 nitrogen and oxygen atoms in total. The van der Waals surface area contributed by atoms with Gasteiger partial charge in [-0.15, -0.1) is 11.3 Å². The molecule has 1 saturated heterocycles. The molecule has 98 valence electrons. The van der Waals surface area contributed by atoms with Crippen molar-refractivity contribution in [2.45, 2.75) is 19.3 Å². The van der Waals surface area contributed by atoms with E-state index in [9.17, 15) is 9.59 Å². The average Bonchev–Trinajstić information content (AvgIpc) is 2.78. The third-order valence-electron chi connectivity index (χ3n) is 2.96. The Morgan fingerprint density at radius 1 is 1.39 bits per heavy atom. The molecular formula is C12H15NO3S2. The molecule has 1 fully saturated rings. The molecule has 2 heterocycles. The lowest BCUT2D eigenvalue weighted by atomic mass is 9.98. The zero-order valence-electron chi connectivity index (χ0n) is 9.85. The lowest BCUT2D eigenvalue weighted by Gasteiger charge is -2.20. The Morgan fingerprint density at radius 3 is 2.78 bits per heavy atom. The number of rotatable bonds is 4. The maximum Gasteiger partial charge on any atom is 0.338 e. The number of carbonyl (C=O) groups excluding carboxylic acids is 1. The van der Waals surface area contributed by atoms with Gasteiger partial charge in [-0.3, -0.25) is 4.79 Å². The van der Waals surface area contributed by atoms with E-state index in [1.165, 1.54) is 17.4 Å². The molecule has 0 saturated carbocycles. The quantitative estimate of drug-likeness (QED) is 0.892. The summed E-state index contributed by atoms with van der Waals surface area (Å²) in [6.07, 6.45) is 2.65. The first kappa shape index (κ1) is 13.4. The first-order valence-electron chi connectivity index (χ1n) is 5.85. The summed E-state index contributed by atoms with van der Waals surface area (Å²) in [5.74, 6) is 1.62. The van der Waals surface area contributed by atoms with Crippen LogP contribution in [-0.4, -0.2) is 28.5 Å². The van der Waals surface area contributed by atoms with Gasteiger partial charge in [0.25, 0.3) is 0 Å². The minimum Gasteiger partial charge on any atom is -0.478 e. The van der Waals surface area contributed by atoms with Crippen molar-refractivity contribution in [2.75, 3.05) is 16.8 Å². The summed E-state index contributed by atoms with van der Waals surface area (Å²) >= 11 is 3.18. The van der Waals surface area contributed by atoms with Gasteiger partial charge in [-0.1, -0.05) is 0 Å². The number of nitrogens with one attached hydrogen (secondary N) is 1. The molecule has 1 aromatic heterocycles. The summed E-state index contributed by atoms with van der Waals surface area (Å²) in [4.78, 5) is 22.8. The van der Waals surface area contributed by atoms with E-state index in [1.54, 1.807) is 5.38 Å². The fraction of sp³-hybridized carbons (Fsp3) is 0.500. The van der Waals surface area contributed by atoms with Crippen LogP contribution in [0.1, 0.15) is 29.6 Å². The van der Waals surface area contributed by atoms with Crippen molar-refractivity contribution in [3.05, 3.63) is 17.0 Å². The summed E-state index contributed by atoms with van der Waals surface area (Å²) in [7, 11) is 0. The molecule has 2 N–H and O–H groups in total. The highest BCUT2D eigenvalue weighted by molar-refractivity contribution is 7.99. The Labute approximate surface area is 114 Å². The lowest BCUT2D eigenvalue weighted by molar-refractivity contribution is -0.117. The SMILES string of the molecule is O=C(CC1CCSCC1)Nc1sccc1C(=O)O. The molecule has 1 aliphatic heterocycles. The summed E-state index contributed by atoms with van der Waals surface area (Å²) in [5.41, 5.74) is 0.174. The van der Waals surface area contributed by atoms with Gasteiger partial charge in [0, 0.05) is 6.42 Å². The van der Waals surface area contributed by atoms with Gasteiger partial charge in [0.05, 0.1) is 5.56 Å². The largest absolute Gasteiger partial charge is 0.478 e. The standard InChI is InChI=1S/C12H15NO3S2/c14-10(7-8-1-4-17-5-2-8)13-11-9(12(15)16)3-6-18-11/h3,6,8H,1-2,4-5,7H2,(H,13,14)(H,15,16). The molecule has 0 bridgehead atoms. The number of anilines is 1. The number of carbonyl (C=O) groups is 2. The van der Waals surface area contributed by atoms with Crippen LogP contribution in [0.25, 0.3) is 0 Å². The highest BCUT2D eigenvalue weighted by atomic mass is 32.2. The van der Waals surface area contributed by atoms with Crippen molar-refractivity contribution in [3.8, 4) is 0 Å². The van der Waals surface area contributed by atoms with Crippen LogP contribution in [0.15, 0.2) is 11.4 Å². The number of hydrogen-bond acceptors (Lipinski definition) is 4. The van der Waals surface area contributed by atoms with Gasteiger partial charge in [0.2, 0.25) is 5.91 Å². The molecule has 0 unspecified atom stereocenters. The molecule has 18 heavy (non-hydrogen) atoms. The number of thiophene rings is 1. The van der Waals surface area contributed by atoms with Crippen LogP contribution in [-0.2, 0) is 4.79 Å². The van der Waals surface area contributed by atoms with Crippen LogP contribution in [0.4, 0.5) is 5.00 Å². The molecule has 0 atom stereocenters. The van der Waals surface area contributed by atoms with Gasteiger partial charge < -0.3 is 10.4 Å². The third kappa shape index (κ3) is 3.49.